The third-order valence-electron chi connectivity index (χ3n) is 6.54. The van der Waals surface area contributed by atoms with Crippen molar-refractivity contribution < 1.29 is 17.9 Å². The van der Waals surface area contributed by atoms with Crippen molar-refractivity contribution in [2.45, 2.75) is 13.1 Å². The Morgan fingerprint density at radius 2 is 1.73 bits per heavy atom. The molecule has 0 unspecified atom stereocenters. The van der Waals surface area contributed by atoms with Gasteiger partial charge in [-0.3, -0.25) is 0 Å². The van der Waals surface area contributed by atoms with Crippen LogP contribution in [-0.4, -0.2) is 71.5 Å². The lowest BCUT2D eigenvalue weighted by Crippen LogP contribution is -2.48. The molecule has 2 aromatic heterocycles. The van der Waals surface area contributed by atoms with Crippen LogP contribution in [0, 0.1) is 0 Å². The zero-order valence-corrected chi connectivity index (χ0v) is 21.2. The van der Waals surface area contributed by atoms with E-state index in [1.807, 2.05) is 45.9 Å². The Morgan fingerprint density at radius 3 is 2.51 bits per heavy atom. The minimum absolute atomic E-state index is 0.230. The number of piperazine rings is 1. The van der Waals surface area contributed by atoms with Crippen LogP contribution in [0.3, 0.4) is 0 Å². The average Bonchev–Trinajstić information content (AvgIpc) is 3.54. The molecule has 11 nitrogen and oxygen atoms in total. The number of aromatic nitrogens is 4. The Labute approximate surface area is 214 Å². The van der Waals surface area contributed by atoms with E-state index in [0.717, 1.165) is 22.6 Å². The number of benzene rings is 2. The van der Waals surface area contributed by atoms with Gasteiger partial charge in [0.2, 0.25) is 22.8 Å². The van der Waals surface area contributed by atoms with Gasteiger partial charge in [-0.2, -0.15) is 14.3 Å². The minimum atomic E-state index is -3.23. The van der Waals surface area contributed by atoms with Crippen molar-refractivity contribution in [1.82, 2.24) is 23.8 Å². The van der Waals surface area contributed by atoms with E-state index >= 15 is 0 Å². The van der Waals surface area contributed by atoms with Crippen LogP contribution < -0.4 is 19.7 Å². The third-order valence-corrected chi connectivity index (χ3v) is 7.84. The summed E-state index contributed by atoms with van der Waals surface area (Å²) in [5.74, 6) is 2.63. The number of anilines is 2. The van der Waals surface area contributed by atoms with Crippen molar-refractivity contribution in [3.63, 3.8) is 0 Å². The number of nitrogens with one attached hydrogen (secondary N) is 1. The molecule has 0 bridgehead atoms. The Bertz CT molecular complexity index is 1530. The van der Waals surface area contributed by atoms with Crippen LogP contribution in [0.15, 0.2) is 54.9 Å². The first kappa shape index (κ1) is 23.5. The Morgan fingerprint density at radius 1 is 0.946 bits per heavy atom. The van der Waals surface area contributed by atoms with E-state index in [1.54, 1.807) is 6.33 Å². The van der Waals surface area contributed by atoms with E-state index in [2.05, 4.69) is 22.4 Å². The second kappa shape index (κ2) is 9.52. The van der Waals surface area contributed by atoms with Gasteiger partial charge in [0.05, 0.1) is 19.1 Å². The van der Waals surface area contributed by atoms with E-state index in [-0.39, 0.29) is 6.79 Å². The summed E-state index contributed by atoms with van der Waals surface area (Å²) in [7, 11) is -3.23. The molecule has 0 radical (unpaired) electrons. The molecule has 4 heterocycles. The second-order valence-corrected chi connectivity index (χ2v) is 11.1. The largest absolute Gasteiger partial charge is 0.454 e. The maximum absolute atomic E-state index is 12.0. The van der Waals surface area contributed by atoms with Gasteiger partial charge in [0.1, 0.15) is 0 Å². The molecule has 6 rings (SSSR count). The van der Waals surface area contributed by atoms with Crippen LogP contribution in [-0.2, 0) is 23.1 Å². The summed E-state index contributed by atoms with van der Waals surface area (Å²) in [5.41, 5.74) is 3.55. The molecule has 2 aromatic carbocycles. The molecule has 4 aromatic rings. The summed E-state index contributed by atoms with van der Waals surface area (Å²) in [6, 6.07) is 16.0. The number of rotatable bonds is 7. The van der Waals surface area contributed by atoms with E-state index in [0.29, 0.717) is 62.2 Å². The highest BCUT2D eigenvalue weighted by Crippen LogP contribution is 2.33. The molecule has 1 saturated heterocycles. The van der Waals surface area contributed by atoms with Crippen LogP contribution in [0.2, 0.25) is 0 Å². The Kier molecular flexibility index (Phi) is 6.05. The zero-order valence-electron chi connectivity index (χ0n) is 20.4. The highest BCUT2D eigenvalue weighted by Gasteiger charge is 2.26. The molecule has 2 aliphatic heterocycles. The highest BCUT2D eigenvalue weighted by molar-refractivity contribution is 7.88. The van der Waals surface area contributed by atoms with Gasteiger partial charge in [0.15, 0.2) is 28.5 Å². The molecule has 1 fully saturated rings. The number of ether oxygens (including phenoxy) is 2. The molecular weight excluding hydrogens is 494 g/mol. The summed E-state index contributed by atoms with van der Waals surface area (Å²) in [6.07, 6.45) is 3.02. The average molecular weight is 522 g/mol. The van der Waals surface area contributed by atoms with Gasteiger partial charge in [-0.1, -0.05) is 36.4 Å². The first-order valence-corrected chi connectivity index (χ1v) is 13.9. The standard InChI is InChI=1S/C25H27N7O4S/c1-37(33,34)32-11-9-30(10-12-32)25-28-23(26-14-19-7-8-20-21(13-19)36-17-35-20)22-24(29-25)31(16-27-22)15-18-5-3-2-4-6-18/h2-8,13,16H,9-12,14-15,17H2,1H3,(H,26,28,29). The van der Waals surface area contributed by atoms with Crippen molar-refractivity contribution in [1.29, 1.82) is 0 Å². The number of hydrogen-bond acceptors (Lipinski definition) is 9. The molecule has 1 N–H and O–H groups in total. The number of hydrogen-bond donors (Lipinski definition) is 1. The fourth-order valence-electron chi connectivity index (χ4n) is 4.55. The summed E-state index contributed by atoms with van der Waals surface area (Å²) in [6.45, 7) is 3.16. The van der Waals surface area contributed by atoms with Gasteiger partial charge < -0.3 is 24.3 Å². The minimum Gasteiger partial charge on any atom is -0.454 e. The van der Waals surface area contributed by atoms with Crippen molar-refractivity contribution in [2.75, 3.05) is 49.4 Å². The van der Waals surface area contributed by atoms with E-state index in [4.69, 9.17) is 19.4 Å². The van der Waals surface area contributed by atoms with Crippen molar-refractivity contribution >= 4 is 33.0 Å². The Balaban J connectivity index is 1.31. The topological polar surface area (TPSA) is 115 Å². The third kappa shape index (κ3) is 4.89. The van der Waals surface area contributed by atoms with Crippen LogP contribution in [0.1, 0.15) is 11.1 Å². The fraction of sp³-hybridized carbons (Fsp3) is 0.320. The van der Waals surface area contributed by atoms with E-state index in [9.17, 15) is 8.42 Å². The zero-order chi connectivity index (χ0) is 25.4. The second-order valence-electron chi connectivity index (χ2n) is 9.09. The summed E-state index contributed by atoms with van der Waals surface area (Å²) in [5, 5.41) is 3.43. The van der Waals surface area contributed by atoms with Gasteiger partial charge in [-0.25, -0.2) is 13.4 Å². The lowest BCUT2D eigenvalue weighted by atomic mass is 10.2. The molecule has 192 valence electrons. The van der Waals surface area contributed by atoms with Gasteiger partial charge in [0, 0.05) is 32.7 Å². The first-order chi connectivity index (χ1) is 17.9. The first-order valence-electron chi connectivity index (χ1n) is 12.0. The monoisotopic (exact) mass is 521 g/mol. The normalized spacial score (nSPS) is 15.9. The highest BCUT2D eigenvalue weighted by atomic mass is 32.2. The lowest BCUT2D eigenvalue weighted by Gasteiger charge is -2.33. The van der Waals surface area contributed by atoms with Crippen LogP contribution in [0.25, 0.3) is 11.2 Å². The number of fused-ring (bicyclic) bond motifs is 2. The predicted octanol–water partition coefficient (Wildman–Crippen LogP) is 2.30. The van der Waals surface area contributed by atoms with Gasteiger partial charge in [0.25, 0.3) is 0 Å². The lowest BCUT2D eigenvalue weighted by molar-refractivity contribution is 0.174. The van der Waals surface area contributed by atoms with Gasteiger partial charge in [-0.15, -0.1) is 0 Å². The fourth-order valence-corrected chi connectivity index (χ4v) is 5.38. The number of imidazole rings is 1. The van der Waals surface area contributed by atoms with Crippen molar-refractivity contribution in [3.05, 3.63) is 66.0 Å². The summed E-state index contributed by atoms with van der Waals surface area (Å²) in [4.78, 5) is 16.4. The van der Waals surface area contributed by atoms with E-state index < -0.39 is 10.0 Å². The van der Waals surface area contributed by atoms with Gasteiger partial charge in [-0.05, 0) is 23.3 Å². The maximum Gasteiger partial charge on any atom is 0.231 e. The molecule has 2 aliphatic rings. The Hall–Kier alpha value is -3.90. The smallest absolute Gasteiger partial charge is 0.231 e. The number of sulfonamides is 1. The molecular formula is C25H27N7O4S. The molecule has 12 heteroatoms. The molecule has 0 atom stereocenters. The SMILES string of the molecule is CS(=O)(=O)N1CCN(c2nc(NCc3ccc4c(c3)OCO4)c3ncn(Cc4ccccc4)c3n2)CC1. The molecule has 0 aliphatic carbocycles. The molecule has 37 heavy (non-hydrogen) atoms. The number of nitrogens with zero attached hydrogens (tertiary/aromatic N) is 6. The molecule has 0 spiro atoms. The van der Waals surface area contributed by atoms with Crippen molar-refractivity contribution in [2.24, 2.45) is 0 Å². The van der Waals surface area contributed by atoms with E-state index in [1.165, 1.54) is 10.6 Å². The quantitative estimate of drug-likeness (QED) is 0.391. The van der Waals surface area contributed by atoms with Crippen molar-refractivity contribution in [3.8, 4) is 11.5 Å². The summed E-state index contributed by atoms with van der Waals surface area (Å²) >= 11 is 0. The predicted molar refractivity (Wildman–Crippen MR) is 139 cm³/mol. The van der Waals surface area contributed by atoms with Crippen LogP contribution in [0.4, 0.5) is 11.8 Å². The molecule has 0 saturated carbocycles. The molecule has 0 amide bonds. The van der Waals surface area contributed by atoms with Gasteiger partial charge >= 0.3 is 0 Å². The summed E-state index contributed by atoms with van der Waals surface area (Å²) < 4.78 is 38.4. The van der Waals surface area contributed by atoms with Crippen LogP contribution in [0.5, 0.6) is 11.5 Å². The maximum atomic E-state index is 12.0. The van der Waals surface area contributed by atoms with Crippen LogP contribution >= 0.6 is 0 Å².